The molecule has 0 saturated heterocycles. The number of nitrogens with zero attached hydrogens (tertiary/aromatic N) is 1. The number of benzene rings is 1. The number of nitrogens with two attached hydrogens (primary N) is 1. The molecule has 1 aromatic carbocycles. The molecule has 92 valence electrons. The van der Waals surface area contributed by atoms with Gasteiger partial charge in [-0.05, 0) is 24.5 Å². The first-order valence-electron chi connectivity index (χ1n) is 6.10. The summed E-state index contributed by atoms with van der Waals surface area (Å²) in [5.41, 5.74) is 8.32. The van der Waals surface area contributed by atoms with Gasteiger partial charge in [0.1, 0.15) is 0 Å². The predicted molar refractivity (Wildman–Crippen MR) is 67.7 cm³/mol. The molecule has 1 aromatic rings. The van der Waals surface area contributed by atoms with Crippen molar-refractivity contribution < 1.29 is 4.79 Å². The summed E-state index contributed by atoms with van der Waals surface area (Å²) in [6.45, 7) is 3.78. The fraction of sp³-hybridized carbons (Fsp3) is 0.462. The molecule has 0 fully saturated rings. The number of amides is 2. The maximum atomic E-state index is 11.9. The third-order valence-corrected chi connectivity index (χ3v) is 3.22. The molecule has 1 atom stereocenters. The van der Waals surface area contributed by atoms with Gasteiger partial charge in [-0.15, -0.1) is 0 Å². The van der Waals surface area contributed by atoms with Crippen LogP contribution >= 0.6 is 0 Å². The topological polar surface area (TPSA) is 58.4 Å². The summed E-state index contributed by atoms with van der Waals surface area (Å²) in [5.74, 6) is 0. The van der Waals surface area contributed by atoms with Crippen molar-refractivity contribution in [3.63, 3.8) is 0 Å². The van der Waals surface area contributed by atoms with Crippen LogP contribution < -0.4 is 11.1 Å². The molecule has 1 aliphatic heterocycles. The van der Waals surface area contributed by atoms with Gasteiger partial charge in [0.15, 0.2) is 0 Å². The number of carbonyl (C=O) groups excluding carboxylic acids is 1. The Kier molecular flexibility index (Phi) is 3.64. The molecule has 4 nitrogen and oxygen atoms in total. The minimum absolute atomic E-state index is 0.00602. The Morgan fingerprint density at radius 1 is 1.53 bits per heavy atom. The lowest BCUT2D eigenvalue weighted by molar-refractivity contribution is 0.172. The molecule has 2 amide bonds. The Labute approximate surface area is 102 Å². The Hall–Kier alpha value is -1.55. The smallest absolute Gasteiger partial charge is 0.317 e. The summed E-state index contributed by atoms with van der Waals surface area (Å²) >= 11 is 0. The number of hydrogen-bond donors (Lipinski definition) is 2. The van der Waals surface area contributed by atoms with E-state index in [0.29, 0.717) is 13.1 Å². The lowest BCUT2D eigenvalue weighted by atomic mass is 9.93. The van der Waals surface area contributed by atoms with Crippen molar-refractivity contribution in [2.24, 2.45) is 5.73 Å². The van der Waals surface area contributed by atoms with Crippen molar-refractivity contribution in [2.75, 3.05) is 19.6 Å². The van der Waals surface area contributed by atoms with Crippen molar-refractivity contribution in [3.05, 3.63) is 35.4 Å². The minimum atomic E-state index is -0.0162. The van der Waals surface area contributed by atoms with Crippen molar-refractivity contribution >= 4 is 6.03 Å². The largest absolute Gasteiger partial charge is 0.338 e. The second kappa shape index (κ2) is 5.19. The fourth-order valence-corrected chi connectivity index (χ4v) is 2.40. The maximum absolute atomic E-state index is 11.9. The van der Waals surface area contributed by atoms with Crippen LogP contribution in [0, 0.1) is 0 Å². The molecule has 17 heavy (non-hydrogen) atoms. The zero-order valence-electron chi connectivity index (χ0n) is 10.1. The lowest BCUT2D eigenvalue weighted by Gasteiger charge is -2.36. The molecule has 0 saturated carbocycles. The number of rotatable bonds is 2. The minimum Gasteiger partial charge on any atom is -0.338 e. The monoisotopic (exact) mass is 233 g/mol. The molecule has 0 aromatic heterocycles. The van der Waals surface area contributed by atoms with E-state index in [1.807, 2.05) is 24.0 Å². The predicted octanol–water partition coefficient (Wildman–Crippen LogP) is 1.27. The average molecular weight is 233 g/mol. The molecule has 1 unspecified atom stereocenters. The first-order valence-corrected chi connectivity index (χ1v) is 6.10. The molecule has 0 bridgehead atoms. The molecule has 1 heterocycles. The summed E-state index contributed by atoms with van der Waals surface area (Å²) in [4.78, 5) is 13.8. The van der Waals surface area contributed by atoms with Gasteiger partial charge in [0.25, 0.3) is 0 Å². The van der Waals surface area contributed by atoms with Crippen molar-refractivity contribution in [2.45, 2.75) is 19.4 Å². The summed E-state index contributed by atoms with van der Waals surface area (Å²) in [5, 5.41) is 2.84. The van der Waals surface area contributed by atoms with Gasteiger partial charge in [-0.3, -0.25) is 0 Å². The molecule has 1 aliphatic rings. The molecule has 2 rings (SSSR count). The zero-order valence-corrected chi connectivity index (χ0v) is 10.1. The summed E-state index contributed by atoms with van der Waals surface area (Å²) in [7, 11) is 0. The Morgan fingerprint density at radius 2 is 2.29 bits per heavy atom. The van der Waals surface area contributed by atoms with Crippen LogP contribution in [-0.2, 0) is 6.42 Å². The fourth-order valence-electron chi connectivity index (χ4n) is 2.40. The number of carbonyl (C=O) groups is 1. The van der Waals surface area contributed by atoms with Gasteiger partial charge in [0.2, 0.25) is 0 Å². The number of urea groups is 1. The third kappa shape index (κ3) is 2.26. The normalized spacial score (nSPS) is 18.7. The van der Waals surface area contributed by atoms with Crippen LogP contribution in [0.1, 0.15) is 24.1 Å². The van der Waals surface area contributed by atoms with E-state index in [1.54, 1.807) is 0 Å². The number of nitrogens with one attached hydrogen (secondary N) is 1. The van der Waals surface area contributed by atoms with Gasteiger partial charge in [0.05, 0.1) is 6.04 Å². The Bertz CT molecular complexity index is 405. The number of hydrogen-bond acceptors (Lipinski definition) is 2. The molecule has 0 radical (unpaired) electrons. The van der Waals surface area contributed by atoms with E-state index in [4.69, 9.17) is 5.73 Å². The maximum Gasteiger partial charge on any atom is 0.317 e. The zero-order chi connectivity index (χ0) is 12.3. The first-order chi connectivity index (χ1) is 8.27. The Morgan fingerprint density at radius 3 is 3.00 bits per heavy atom. The van der Waals surface area contributed by atoms with Crippen molar-refractivity contribution in [1.29, 1.82) is 0 Å². The number of fused-ring (bicyclic) bond motifs is 1. The molecule has 4 heteroatoms. The van der Waals surface area contributed by atoms with Gasteiger partial charge in [-0.2, -0.15) is 0 Å². The molecule has 0 aliphatic carbocycles. The van der Waals surface area contributed by atoms with Crippen LogP contribution in [0.25, 0.3) is 0 Å². The standard InChI is InChI=1S/C13H19N3O/c1-2-15-13(17)16-8-7-10-5-3-4-6-11(10)12(16)9-14/h3-6,12H,2,7-9,14H2,1H3,(H,15,17). The second-order valence-electron chi connectivity index (χ2n) is 4.23. The SMILES string of the molecule is CCNC(=O)N1CCc2ccccc2C1CN. The highest BCUT2D eigenvalue weighted by atomic mass is 16.2. The average Bonchev–Trinajstić information content (AvgIpc) is 2.37. The summed E-state index contributed by atoms with van der Waals surface area (Å²) < 4.78 is 0. The van der Waals surface area contributed by atoms with Crippen molar-refractivity contribution in [3.8, 4) is 0 Å². The second-order valence-corrected chi connectivity index (χ2v) is 4.23. The highest BCUT2D eigenvalue weighted by molar-refractivity contribution is 5.75. The van der Waals surface area contributed by atoms with Gasteiger partial charge in [-0.25, -0.2) is 4.79 Å². The van der Waals surface area contributed by atoms with Gasteiger partial charge in [0, 0.05) is 19.6 Å². The quantitative estimate of drug-likeness (QED) is 0.808. The lowest BCUT2D eigenvalue weighted by Crippen LogP contribution is -2.47. The van der Waals surface area contributed by atoms with Crippen molar-refractivity contribution in [1.82, 2.24) is 10.2 Å². The van der Waals surface area contributed by atoms with Crippen LogP contribution in [0.15, 0.2) is 24.3 Å². The van der Waals surface area contributed by atoms with E-state index in [-0.39, 0.29) is 12.1 Å². The van der Waals surface area contributed by atoms with E-state index in [2.05, 4.69) is 17.4 Å². The van der Waals surface area contributed by atoms with Crippen LogP contribution in [0.2, 0.25) is 0 Å². The van der Waals surface area contributed by atoms with Crippen LogP contribution in [0.4, 0.5) is 4.79 Å². The third-order valence-electron chi connectivity index (χ3n) is 3.22. The highest BCUT2D eigenvalue weighted by Crippen LogP contribution is 2.28. The summed E-state index contributed by atoms with van der Waals surface area (Å²) in [6.07, 6.45) is 0.907. The van der Waals surface area contributed by atoms with Crippen LogP contribution in [0.3, 0.4) is 0 Å². The van der Waals surface area contributed by atoms with E-state index in [9.17, 15) is 4.79 Å². The molecular formula is C13H19N3O. The van der Waals surface area contributed by atoms with E-state index in [1.165, 1.54) is 11.1 Å². The highest BCUT2D eigenvalue weighted by Gasteiger charge is 2.28. The van der Waals surface area contributed by atoms with E-state index < -0.39 is 0 Å². The molecule has 0 spiro atoms. The van der Waals surface area contributed by atoms with E-state index in [0.717, 1.165) is 13.0 Å². The molecular weight excluding hydrogens is 214 g/mol. The first kappa shape index (κ1) is 11.9. The molecule has 3 N–H and O–H groups in total. The van der Waals surface area contributed by atoms with E-state index >= 15 is 0 Å². The van der Waals surface area contributed by atoms with Gasteiger partial charge < -0.3 is 16.0 Å². The van der Waals surface area contributed by atoms with Gasteiger partial charge >= 0.3 is 6.03 Å². The van der Waals surface area contributed by atoms with Crippen LogP contribution in [-0.4, -0.2) is 30.6 Å². The van der Waals surface area contributed by atoms with Gasteiger partial charge in [-0.1, -0.05) is 24.3 Å². The summed E-state index contributed by atoms with van der Waals surface area (Å²) in [6, 6.07) is 8.21. The van der Waals surface area contributed by atoms with Crippen LogP contribution in [0.5, 0.6) is 0 Å². The Balaban J connectivity index is 2.26.